The van der Waals surface area contributed by atoms with Crippen LogP contribution in [0.5, 0.6) is 0 Å². The van der Waals surface area contributed by atoms with Gasteiger partial charge in [0.1, 0.15) is 15.9 Å². The zero-order valence-corrected chi connectivity index (χ0v) is 33.1. The number of para-hydroxylation sites is 1. The van der Waals surface area contributed by atoms with Crippen molar-refractivity contribution in [3.05, 3.63) is 188 Å². The van der Waals surface area contributed by atoms with Crippen molar-refractivity contribution < 1.29 is 33.6 Å². The number of nitro groups is 1. The molecule has 6 rings (SSSR count). The maximum absolute atomic E-state index is 14.2. The molecule has 0 spiro atoms. The molecule has 4 N–H and O–H groups in total. The first-order valence-corrected chi connectivity index (χ1v) is 19.5. The number of nitro benzene ring substituents is 1. The topological polar surface area (TPSA) is 186 Å². The number of anilines is 3. The van der Waals surface area contributed by atoms with Crippen molar-refractivity contribution in [2.75, 3.05) is 23.1 Å². The zero-order valence-electron chi connectivity index (χ0n) is 31.5. The van der Waals surface area contributed by atoms with Crippen LogP contribution in [0.1, 0.15) is 52.3 Å². The van der Waals surface area contributed by atoms with E-state index in [1.54, 1.807) is 110 Å². The number of carbonyl (C=O) groups excluding carboxylic acids is 5. The molecule has 4 amide bonds. The number of benzene rings is 5. The number of amides is 4. The van der Waals surface area contributed by atoms with E-state index in [1.165, 1.54) is 49.2 Å². The maximum atomic E-state index is 14.2. The van der Waals surface area contributed by atoms with Gasteiger partial charge in [-0.3, -0.25) is 29.3 Å². The predicted octanol–water partition coefficient (Wildman–Crippen LogP) is 8.89. The molecular weight excluding hydrogens is 791 g/mol. The van der Waals surface area contributed by atoms with E-state index in [0.717, 1.165) is 11.3 Å². The molecule has 1 unspecified atom stereocenters. The first-order valence-electron chi connectivity index (χ1n) is 17.8. The van der Waals surface area contributed by atoms with Crippen molar-refractivity contribution in [1.82, 2.24) is 5.32 Å². The van der Waals surface area contributed by atoms with Crippen LogP contribution in [0.3, 0.4) is 0 Å². The van der Waals surface area contributed by atoms with E-state index < -0.39 is 39.8 Å². The minimum atomic E-state index is -0.876. The van der Waals surface area contributed by atoms with E-state index in [-0.39, 0.29) is 26.8 Å². The van der Waals surface area contributed by atoms with Crippen molar-refractivity contribution >= 4 is 80.8 Å². The Bertz CT molecular complexity index is 2550. The maximum Gasteiger partial charge on any atom is 0.341 e. The Labute approximate surface area is 346 Å². The minimum Gasteiger partial charge on any atom is -0.465 e. The van der Waals surface area contributed by atoms with E-state index in [2.05, 4.69) is 21.3 Å². The van der Waals surface area contributed by atoms with E-state index >= 15 is 0 Å². The fourth-order valence-corrected chi connectivity index (χ4v) is 7.91. The third-order valence-corrected chi connectivity index (χ3v) is 11.1. The number of ether oxygens (including phenoxy) is 1. The lowest BCUT2D eigenvalue weighted by molar-refractivity contribution is -0.384. The molecule has 5 aromatic carbocycles. The Kier molecular flexibility index (Phi) is 13.4. The van der Waals surface area contributed by atoms with Gasteiger partial charge in [0.05, 0.1) is 22.5 Å². The molecule has 0 fully saturated rings. The summed E-state index contributed by atoms with van der Waals surface area (Å²) in [5.41, 5.74) is 2.41. The standard InChI is InChI=1S/C44H35N5O8S2/c1-27-36(44(54)57-2)43(59-37(27)41(52)45-31-17-10-5-11-18-31)48-42(53)38(29-13-6-3-7-14-29)58-34-20-12-19-32(26-34)46-40(51)35(47-39(50)30-15-8-4-9-16-30)25-28-21-23-33(24-22-28)49(55)56/h3-26,38H,1-2H3,(H,45,52)(H,46,51)(H,47,50)(H,48,53)/b35-25+. The lowest BCUT2D eigenvalue weighted by Crippen LogP contribution is -2.30. The number of thiophene rings is 1. The number of nitrogens with one attached hydrogen (secondary N) is 4. The second kappa shape index (κ2) is 19.2. The number of hydrogen-bond donors (Lipinski definition) is 4. The summed E-state index contributed by atoms with van der Waals surface area (Å²) in [6.45, 7) is 1.61. The molecule has 0 radical (unpaired) electrons. The molecule has 1 aromatic heterocycles. The zero-order chi connectivity index (χ0) is 41.9. The molecule has 15 heteroatoms. The number of esters is 1. The summed E-state index contributed by atoms with van der Waals surface area (Å²) in [4.78, 5) is 79.0. The molecule has 13 nitrogen and oxygen atoms in total. The minimum absolute atomic E-state index is 0.0579. The van der Waals surface area contributed by atoms with Gasteiger partial charge in [0.25, 0.3) is 23.4 Å². The Morgan fingerprint density at radius 3 is 2.02 bits per heavy atom. The molecule has 0 aliphatic carbocycles. The van der Waals surface area contributed by atoms with Crippen LogP contribution in [0.15, 0.2) is 150 Å². The largest absolute Gasteiger partial charge is 0.465 e. The van der Waals surface area contributed by atoms with Gasteiger partial charge in [-0.1, -0.05) is 72.8 Å². The fraction of sp³-hybridized carbons (Fsp3) is 0.0682. The summed E-state index contributed by atoms with van der Waals surface area (Å²) in [6, 6.07) is 38.3. The van der Waals surface area contributed by atoms with Gasteiger partial charge in [-0.05, 0) is 84.3 Å². The van der Waals surface area contributed by atoms with Crippen LogP contribution >= 0.6 is 23.1 Å². The molecule has 1 atom stereocenters. The van der Waals surface area contributed by atoms with Crippen LogP contribution in [0.2, 0.25) is 0 Å². The van der Waals surface area contributed by atoms with Crippen LogP contribution in [0.25, 0.3) is 6.08 Å². The van der Waals surface area contributed by atoms with Crippen molar-refractivity contribution in [1.29, 1.82) is 0 Å². The highest BCUT2D eigenvalue weighted by molar-refractivity contribution is 8.00. The van der Waals surface area contributed by atoms with Gasteiger partial charge in [-0.25, -0.2) is 4.79 Å². The van der Waals surface area contributed by atoms with Crippen molar-refractivity contribution in [2.24, 2.45) is 0 Å². The summed E-state index contributed by atoms with van der Waals surface area (Å²) < 4.78 is 5.04. The smallest absolute Gasteiger partial charge is 0.341 e. The first-order chi connectivity index (χ1) is 28.5. The SMILES string of the molecule is COC(=O)c1c(NC(=O)C(Sc2cccc(NC(=O)/C(=C\c3ccc([N+](=O)[O-])cc3)NC(=O)c3ccccc3)c2)c2ccccc2)sc(C(=O)Nc2ccccc2)c1C. The Morgan fingerprint density at radius 1 is 0.746 bits per heavy atom. The van der Waals surface area contributed by atoms with Crippen LogP contribution in [0, 0.1) is 17.0 Å². The molecule has 59 heavy (non-hydrogen) atoms. The number of hydrogen-bond acceptors (Lipinski definition) is 10. The fourth-order valence-electron chi connectivity index (χ4n) is 5.74. The second-order valence-corrected chi connectivity index (χ2v) is 14.9. The lowest BCUT2D eigenvalue weighted by atomic mass is 10.1. The number of rotatable bonds is 14. The normalized spacial score (nSPS) is 11.5. The summed E-state index contributed by atoms with van der Waals surface area (Å²) in [6.07, 6.45) is 1.40. The van der Waals surface area contributed by atoms with E-state index in [1.807, 2.05) is 12.1 Å². The highest BCUT2D eigenvalue weighted by atomic mass is 32.2. The number of non-ortho nitro benzene ring substituents is 1. The van der Waals surface area contributed by atoms with Crippen LogP contribution in [-0.4, -0.2) is 41.6 Å². The molecule has 0 aliphatic rings. The van der Waals surface area contributed by atoms with E-state index in [0.29, 0.717) is 38.5 Å². The second-order valence-electron chi connectivity index (χ2n) is 12.7. The molecule has 0 aliphatic heterocycles. The average Bonchev–Trinajstić information content (AvgIpc) is 3.58. The van der Waals surface area contributed by atoms with Gasteiger partial charge in [-0.2, -0.15) is 0 Å². The molecule has 1 heterocycles. The van der Waals surface area contributed by atoms with Crippen molar-refractivity contribution in [3.63, 3.8) is 0 Å². The Morgan fingerprint density at radius 2 is 1.37 bits per heavy atom. The quantitative estimate of drug-likeness (QED) is 0.0274. The van der Waals surface area contributed by atoms with Crippen LogP contribution in [-0.2, 0) is 14.3 Å². The van der Waals surface area contributed by atoms with E-state index in [9.17, 15) is 34.1 Å². The van der Waals surface area contributed by atoms with E-state index in [4.69, 9.17) is 4.74 Å². The Balaban J connectivity index is 1.26. The molecular formula is C44H35N5O8S2. The van der Waals surface area contributed by atoms with Gasteiger partial charge >= 0.3 is 5.97 Å². The van der Waals surface area contributed by atoms with Gasteiger partial charge in [0.2, 0.25) is 5.91 Å². The van der Waals surface area contributed by atoms with Gasteiger partial charge < -0.3 is 26.0 Å². The number of thioether (sulfide) groups is 1. The van der Waals surface area contributed by atoms with Crippen LogP contribution in [0.4, 0.5) is 22.1 Å². The number of carbonyl (C=O) groups is 5. The summed E-state index contributed by atoms with van der Waals surface area (Å²) in [5.74, 6) is -2.89. The molecule has 6 aromatic rings. The third kappa shape index (κ3) is 10.5. The summed E-state index contributed by atoms with van der Waals surface area (Å²) in [5, 5.41) is 21.6. The van der Waals surface area contributed by atoms with Gasteiger partial charge in [-0.15, -0.1) is 23.1 Å². The number of nitrogens with zero attached hydrogens (tertiary/aromatic N) is 1. The average molecular weight is 826 g/mol. The molecule has 296 valence electrons. The highest BCUT2D eigenvalue weighted by Gasteiger charge is 2.30. The van der Waals surface area contributed by atoms with Crippen molar-refractivity contribution in [3.8, 4) is 0 Å². The molecule has 0 bridgehead atoms. The van der Waals surface area contributed by atoms with Gasteiger partial charge in [0.15, 0.2) is 0 Å². The van der Waals surface area contributed by atoms with Crippen LogP contribution < -0.4 is 21.3 Å². The highest BCUT2D eigenvalue weighted by Crippen LogP contribution is 2.40. The predicted molar refractivity (Wildman–Crippen MR) is 229 cm³/mol. The monoisotopic (exact) mass is 825 g/mol. The Hall–Kier alpha value is -7.36. The molecule has 0 saturated carbocycles. The van der Waals surface area contributed by atoms with Gasteiger partial charge in [0, 0.05) is 34.0 Å². The first kappa shape index (κ1) is 41.3. The lowest BCUT2D eigenvalue weighted by Gasteiger charge is -2.18. The molecule has 0 saturated heterocycles. The summed E-state index contributed by atoms with van der Waals surface area (Å²) in [7, 11) is 1.22. The summed E-state index contributed by atoms with van der Waals surface area (Å²) >= 11 is 2.13. The third-order valence-electron chi connectivity index (χ3n) is 8.64. The number of methoxy groups -OCH3 is 1. The van der Waals surface area contributed by atoms with Crippen molar-refractivity contribution in [2.45, 2.75) is 17.1 Å².